The molecule has 0 aliphatic carbocycles. The molecule has 0 saturated carbocycles. The molecular weight excluding hydrogens is 389 g/mol. The Balaban J connectivity index is 2.16. The maximum atomic E-state index is 11.3. The van der Waals surface area contributed by atoms with E-state index in [0.29, 0.717) is 14.9 Å². The second kappa shape index (κ2) is 6.52. The molecule has 1 aromatic carbocycles. The van der Waals surface area contributed by atoms with Gasteiger partial charge in [0, 0.05) is 0 Å². The fourth-order valence-electron chi connectivity index (χ4n) is 1.44. The van der Waals surface area contributed by atoms with Gasteiger partial charge in [-0.1, -0.05) is 0 Å². The molecule has 0 aliphatic rings. The third-order valence-electron chi connectivity index (χ3n) is 2.52. The maximum absolute atomic E-state index is 11.3. The van der Waals surface area contributed by atoms with E-state index in [2.05, 4.69) is 25.7 Å². The molecule has 9 heteroatoms. The molecule has 110 valence electrons. The van der Waals surface area contributed by atoms with Crippen LogP contribution < -0.4 is 15.7 Å². The van der Waals surface area contributed by atoms with Gasteiger partial charge in [-0.25, -0.2) is 5.43 Å². The normalized spacial score (nSPS) is 10.8. The third kappa shape index (κ3) is 3.68. The van der Waals surface area contributed by atoms with Crippen molar-refractivity contribution in [3.63, 3.8) is 0 Å². The Labute approximate surface area is 133 Å². The van der Waals surface area contributed by atoms with Gasteiger partial charge >= 0.3 is 0 Å². The predicted octanol–water partition coefficient (Wildman–Crippen LogP) is 1.24. The summed E-state index contributed by atoms with van der Waals surface area (Å²) in [5, 5.41) is 21.1. The highest BCUT2D eigenvalue weighted by Crippen LogP contribution is 2.31. The summed E-state index contributed by atoms with van der Waals surface area (Å²) in [7, 11) is 1.47. The van der Waals surface area contributed by atoms with Gasteiger partial charge in [-0.15, -0.1) is 10.2 Å². The number of rotatable bonds is 4. The first-order valence-corrected chi connectivity index (χ1v) is 6.88. The quantitative estimate of drug-likeness (QED) is 0.404. The fourth-order valence-corrected chi connectivity index (χ4v) is 2.06. The molecule has 1 heterocycles. The van der Waals surface area contributed by atoms with Crippen molar-refractivity contribution < 1.29 is 9.84 Å². The van der Waals surface area contributed by atoms with E-state index in [1.807, 2.05) is 22.6 Å². The molecular formula is C12H12IN5O3. The van der Waals surface area contributed by atoms with Crippen LogP contribution in [0.3, 0.4) is 0 Å². The number of methoxy groups -OCH3 is 1. The van der Waals surface area contributed by atoms with E-state index < -0.39 is 0 Å². The second-order valence-corrected chi connectivity index (χ2v) is 5.17. The van der Waals surface area contributed by atoms with Crippen LogP contribution >= 0.6 is 22.6 Å². The summed E-state index contributed by atoms with van der Waals surface area (Å²) in [5.41, 5.74) is 3.23. The van der Waals surface area contributed by atoms with E-state index in [9.17, 15) is 9.90 Å². The largest absolute Gasteiger partial charge is 0.504 e. The summed E-state index contributed by atoms with van der Waals surface area (Å²) in [6.07, 6.45) is 1.50. The number of nitrogens with one attached hydrogen (secondary N) is 2. The van der Waals surface area contributed by atoms with E-state index in [1.54, 1.807) is 19.1 Å². The molecule has 0 unspecified atom stereocenters. The number of hydrogen-bond donors (Lipinski definition) is 3. The summed E-state index contributed by atoms with van der Waals surface area (Å²) in [6, 6.07) is 3.36. The van der Waals surface area contributed by atoms with Gasteiger partial charge in [0.15, 0.2) is 11.5 Å². The topological polar surface area (TPSA) is 112 Å². The van der Waals surface area contributed by atoms with Crippen molar-refractivity contribution in [3.05, 3.63) is 37.3 Å². The molecule has 0 bridgehead atoms. The van der Waals surface area contributed by atoms with Crippen molar-refractivity contribution in [3.8, 4) is 11.5 Å². The zero-order valence-electron chi connectivity index (χ0n) is 11.2. The first-order valence-electron chi connectivity index (χ1n) is 5.80. The molecule has 0 radical (unpaired) electrons. The van der Waals surface area contributed by atoms with Crippen molar-refractivity contribution in [2.24, 2.45) is 5.10 Å². The molecule has 2 aromatic rings. The van der Waals surface area contributed by atoms with Gasteiger partial charge in [-0.3, -0.25) is 9.78 Å². The third-order valence-corrected chi connectivity index (χ3v) is 3.34. The van der Waals surface area contributed by atoms with Crippen molar-refractivity contribution in [1.29, 1.82) is 0 Å². The number of benzene rings is 1. The minimum atomic E-state index is -0.330. The smallest absolute Gasteiger partial charge is 0.274 e. The van der Waals surface area contributed by atoms with Crippen LogP contribution in [0.25, 0.3) is 0 Å². The lowest BCUT2D eigenvalue weighted by Gasteiger charge is -2.06. The second-order valence-electron chi connectivity index (χ2n) is 4.01. The number of aromatic nitrogens is 3. The van der Waals surface area contributed by atoms with Crippen LogP contribution in [0.1, 0.15) is 11.3 Å². The monoisotopic (exact) mass is 401 g/mol. The van der Waals surface area contributed by atoms with E-state index in [1.165, 1.54) is 13.3 Å². The first kappa shape index (κ1) is 15.2. The number of aromatic amines is 1. The fraction of sp³-hybridized carbons (Fsp3) is 0.167. The Bertz CT molecular complexity index is 744. The molecule has 0 fully saturated rings. The van der Waals surface area contributed by atoms with E-state index in [4.69, 9.17) is 4.74 Å². The average molecular weight is 401 g/mol. The van der Waals surface area contributed by atoms with Crippen molar-refractivity contribution in [1.82, 2.24) is 15.2 Å². The summed E-state index contributed by atoms with van der Waals surface area (Å²) < 4.78 is 5.69. The van der Waals surface area contributed by atoms with Gasteiger partial charge in [0.05, 0.1) is 16.9 Å². The van der Waals surface area contributed by atoms with Gasteiger partial charge in [-0.05, 0) is 47.2 Å². The molecule has 0 spiro atoms. The van der Waals surface area contributed by atoms with Crippen LogP contribution in [0.15, 0.2) is 22.0 Å². The van der Waals surface area contributed by atoms with Crippen LogP contribution in [0.2, 0.25) is 0 Å². The number of phenolic OH excluding ortho intramolecular Hbond substituents is 1. The van der Waals surface area contributed by atoms with Gasteiger partial charge in [0.2, 0.25) is 5.95 Å². The molecule has 0 atom stereocenters. The molecule has 0 amide bonds. The van der Waals surface area contributed by atoms with Crippen LogP contribution in [-0.4, -0.2) is 33.6 Å². The number of anilines is 1. The molecule has 2 rings (SSSR count). The standard InChI is InChI=1S/C12H12IN5O3/c1-6-11(20)15-12(18-16-6)17-14-5-7-3-8(13)10(19)9(4-7)21-2/h3-5,19H,1-2H3,(H2,15,17,18,20)/b14-5+. The average Bonchev–Trinajstić information content (AvgIpc) is 2.46. The van der Waals surface area contributed by atoms with Crippen molar-refractivity contribution >= 4 is 34.8 Å². The Hall–Kier alpha value is -2.17. The number of H-pyrrole nitrogens is 1. The Morgan fingerprint density at radius 1 is 1.48 bits per heavy atom. The van der Waals surface area contributed by atoms with E-state index >= 15 is 0 Å². The number of hydrazone groups is 1. The zero-order chi connectivity index (χ0) is 15.4. The van der Waals surface area contributed by atoms with Gasteiger partial charge in [0.1, 0.15) is 5.69 Å². The Kier molecular flexibility index (Phi) is 4.73. The zero-order valence-corrected chi connectivity index (χ0v) is 13.4. The number of aromatic hydroxyl groups is 1. The van der Waals surface area contributed by atoms with E-state index in [0.717, 1.165) is 0 Å². The Morgan fingerprint density at radius 2 is 2.24 bits per heavy atom. The van der Waals surface area contributed by atoms with Crippen molar-refractivity contribution in [2.75, 3.05) is 12.5 Å². The van der Waals surface area contributed by atoms with Gasteiger partial charge in [-0.2, -0.15) is 5.10 Å². The first-order chi connectivity index (χ1) is 10.0. The number of aryl methyl sites for hydroxylation is 1. The lowest BCUT2D eigenvalue weighted by molar-refractivity contribution is 0.371. The van der Waals surface area contributed by atoms with Crippen LogP contribution in [0, 0.1) is 10.5 Å². The lowest BCUT2D eigenvalue weighted by Crippen LogP contribution is -2.15. The highest BCUT2D eigenvalue weighted by Gasteiger charge is 2.07. The molecule has 0 saturated heterocycles. The highest BCUT2D eigenvalue weighted by atomic mass is 127. The van der Waals surface area contributed by atoms with Gasteiger partial charge < -0.3 is 9.84 Å². The lowest BCUT2D eigenvalue weighted by atomic mass is 10.2. The Morgan fingerprint density at radius 3 is 2.90 bits per heavy atom. The molecule has 1 aromatic heterocycles. The number of phenols is 1. The number of ether oxygens (including phenoxy) is 1. The maximum Gasteiger partial charge on any atom is 0.274 e. The van der Waals surface area contributed by atoms with Crippen LogP contribution in [0.5, 0.6) is 11.5 Å². The van der Waals surface area contributed by atoms with E-state index in [-0.39, 0.29) is 23.0 Å². The summed E-state index contributed by atoms with van der Waals surface area (Å²) in [4.78, 5) is 13.8. The molecule has 0 aliphatic heterocycles. The summed E-state index contributed by atoms with van der Waals surface area (Å²) >= 11 is 1.99. The number of nitrogens with zero attached hydrogens (tertiary/aromatic N) is 3. The number of halogens is 1. The predicted molar refractivity (Wildman–Crippen MR) is 86.0 cm³/mol. The van der Waals surface area contributed by atoms with Crippen LogP contribution in [-0.2, 0) is 0 Å². The van der Waals surface area contributed by atoms with Gasteiger partial charge in [0.25, 0.3) is 5.56 Å². The minimum absolute atomic E-state index is 0.0805. The molecule has 3 N–H and O–H groups in total. The summed E-state index contributed by atoms with van der Waals surface area (Å²) in [5.74, 6) is 0.575. The minimum Gasteiger partial charge on any atom is -0.504 e. The van der Waals surface area contributed by atoms with Crippen LogP contribution in [0.4, 0.5) is 5.95 Å². The number of hydrogen-bond acceptors (Lipinski definition) is 7. The molecule has 8 nitrogen and oxygen atoms in total. The SMILES string of the molecule is COc1cc(/C=N/Nc2nnc(C)c(=O)[nH]2)cc(I)c1O. The summed E-state index contributed by atoms with van der Waals surface area (Å²) in [6.45, 7) is 1.56. The van der Waals surface area contributed by atoms with Crippen molar-refractivity contribution in [2.45, 2.75) is 6.92 Å². The molecule has 21 heavy (non-hydrogen) atoms. The highest BCUT2D eigenvalue weighted by molar-refractivity contribution is 14.1.